The van der Waals surface area contributed by atoms with Gasteiger partial charge in [-0.2, -0.15) is 0 Å². The first-order chi connectivity index (χ1) is 16.8. The molecule has 0 aromatic heterocycles. The molecule has 4 aliphatic carbocycles. The van der Waals surface area contributed by atoms with Crippen molar-refractivity contribution in [2.75, 3.05) is 39.4 Å². The minimum atomic E-state index is -0.198. The smallest absolute Gasteiger partial charge is 0.302 e. The van der Waals surface area contributed by atoms with Crippen molar-refractivity contribution in [3.05, 3.63) is 0 Å². The molecule has 0 amide bonds. The third-order valence-corrected chi connectivity index (χ3v) is 12.0. The quantitative estimate of drug-likeness (QED) is 0.611. The van der Waals surface area contributed by atoms with Crippen LogP contribution in [-0.2, 0) is 14.3 Å². The van der Waals surface area contributed by atoms with Gasteiger partial charge in [-0.1, -0.05) is 13.8 Å². The van der Waals surface area contributed by atoms with Gasteiger partial charge in [-0.15, -0.1) is 0 Å². The van der Waals surface area contributed by atoms with Gasteiger partial charge in [0.15, 0.2) is 0 Å². The van der Waals surface area contributed by atoms with Crippen LogP contribution in [-0.4, -0.2) is 84.6 Å². The predicted octanol–water partition coefficient (Wildman–Crippen LogP) is 3.71. The fourth-order valence-corrected chi connectivity index (χ4v) is 10.3. The van der Waals surface area contributed by atoms with Crippen LogP contribution in [0.4, 0.5) is 0 Å². The Kier molecular flexibility index (Phi) is 6.51. The molecule has 6 fully saturated rings. The molecule has 6 nitrogen and oxygen atoms in total. The van der Waals surface area contributed by atoms with E-state index in [1.54, 1.807) is 6.92 Å². The number of ether oxygens (including phenoxy) is 2. The van der Waals surface area contributed by atoms with Crippen LogP contribution in [0.25, 0.3) is 0 Å². The maximum absolute atomic E-state index is 12.2. The van der Waals surface area contributed by atoms with E-state index >= 15 is 0 Å². The zero-order chi connectivity index (χ0) is 24.4. The van der Waals surface area contributed by atoms with Crippen LogP contribution in [0.3, 0.4) is 0 Å². The molecule has 6 rings (SSSR count). The van der Waals surface area contributed by atoms with Crippen molar-refractivity contribution in [2.24, 2.45) is 34.5 Å². The molecular formula is C29H48N2O4. The normalized spacial score (nSPS) is 50.9. The summed E-state index contributed by atoms with van der Waals surface area (Å²) in [6.07, 6.45) is 10.7. The molecule has 0 aromatic carbocycles. The molecule has 0 spiro atoms. The Morgan fingerprint density at radius 2 is 1.63 bits per heavy atom. The van der Waals surface area contributed by atoms with Gasteiger partial charge in [0, 0.05) is 37.5 Å². The van der Waals surface area contributed by atoms with Crippen LogP contribution >= 0.6 is 0 Å². The van der Waals surface area contributed by atoms with Crippen molar-refractivity contribution < 1.29 is 19.4 Å². The maximum atomic E-state index is 12.2. The number of carbonyl (C=O) groups excluding carboxylic acids is 1. The van der Waals surface area contributed by atoms with Crippen molar-refractivity contribution in [1.82, 2.24) is 9.80 Å². The number of nitrogens with zero attached hydrogens (tertiary/aromatic N) is 2. The molecule has 4 saturated carbocycles. The number of carbonyl (C=O) groups is 1. The summed E-state index contributed by atoms with van der Waals surface area (Å²) in [5.74, 6) is 2.63. The number of esters is 1. The second-order valence-corrected chi connectivity index (χ2v) is 13.5. The molecular weight excluding hydrogens is 440 g/mol. The zero-order valence-electron chi connectivity index (χ0n) is 22.3. The number of hydrogen-bond donors (Lipinski definition) is 1. The number of fused-ring (bicyclic) bond motifs is 5. The molecule has 1 N–H and O–H groups in total. The molecule has 0 radical (unpaired) electrons. The van der Waals surface area contributed by atoms with Gasteiger partial charge in [-0.05, 0) is 100.0 Å². The fraction of sp³-hybridized carbons (Fsp3) is 0.966. The lowest BCUT2D eigenvalue weighted by Gasteiger charge is -2.62. The summed E-state index contributed by atoms with van der Waals surface area (Å²) in [5.41, 5.74) is 0.399. The fourth-order valence-electron chi connectivity index (χ4n) is 10.3. The maximum Gasteiger partial charge on any atom is 0.302 e. The van der Waals surface area contributed by atoms with Gasteiger partial charge in [-0.3, -0.25) is 14.6 Å². The van der Waals surface area contributed by atoms with Gasteiger partial charge < -0.3 is 14.6 Å². The van der Waals surface area contributed by atoms with Crippen LogP contribution in [0.15, 0.2) is 0 Å². The van der Waals surface area contributed by atoms with Crippen LogP contribution < -0.4 is 0 Å². The van der Waals surface area contributed by atoms with Gasteiger partial charge in [0.25, 0.3) is 0 Å². The molecule has 4 unspecified atom stereocenters. The number of aliphatic hydroxyl groups is 1. The van der Waals surface area contributed by atoms with Gasteiger partial charge in [0.1, 0.15) is 6.10 Å². The van der Waals surface area contributed by atoms with E-state index in [0.717, 1.165) is 64.1 Å². The molecule has 2 saturated heterocycles. The van der Waals surface area contributed by atoms with E-state index in [4.69, 9.17) is 9.47 Å². The van der Waals surface area contributed by atoms with Gasteiger partial charge in [0.05, 0.1) is 19.3 Å². The van der Waals surface area contributed by atoms with E-state index in [1.165, 1.54) is 44.9 Å². The van der Waals surface area contributed by atoms with Crippen molar-refractivity contribution in [3.63, 3.8) is 0 Å². The number of aliphatic hydroxyl groups excluding tert-OH is 1. The summed E-state index contributed by atoms with van der Waals surface area (Å²) in [6, 6.07) is 0.678. The van der Waals surface area contributed by atoms with Crippen molar-refractivity contribution in [2.45, 2.75) is 103 Å². The Labute approximate surface area is 212 Å². The van der Waals surface area contributed by atoms with Crippen LogP contribution in [0, 0.1) is 34.5 Å². The highest BCUT2D eigenvalue weighted by Gasteiger charge is 2.65. The van der Waals surface area contributed by atoms with E-state index in [-0.39, 0.29) is 29.6 Å². The molecule has 0 bridgehead atoms. The third-order valence-electron chi connectivity index (χ3n) is 12.0. The van der Waals surface area contributed by atoms with Crippen LogP contribution in [0.1, 0.15) is 78.6 Å². The highest BCUT2D eigenvalue weighted by molar-refractivity contribution is 5.66. The Balaban J connectivity index is 1.27. The first kappa shape index (κ1) is 24.6. The Hall–Kier alpha value is -0.690. The molecule has 10 atom stereocenters. The first-order valence-electron chi connectivity index (χ1n) is 14.7. The lowest BCUT2D eigenvalue weighted by atomic mass is 9.44. The second-order valence-electron chi connectivity index (χ2n) is 13.5. The summed E-state index contributed by atoms with van der Waals surface area (Å²) < 4.78 is 11.8. The highest BCUT2D eigenvalue weighted by atomic mass is 16.5. The average Bonchev–Trinajstić information content (AvgIpc) is 3.46. The summed E-state index contributed by atoms with van der Waals surface area (Å²) in [6.45, 7) is 12.5. The Morgan fingerprint density at radius 1 is 0.914 bits per heavy atom. The minimum absolute atomic E-state index is 0.0452. The standard InChI is InChI=1S/C29H48N2O4/c1-19(32)35-27-24(30-10-4-5-11-30)17-23-21-7-6-20-16-26(33)25(31-12-14-34-15-13-31)18-29(20,3)22(21)8-9-28(23,27)2/h20-27,33H,4-18H2,1-3H3/t20?,21?,22?,23?,24-,25-,26-,27-,28-,29-/m0/s1. The van der Waals surface area contributed by atoms with E-state index in [0.29, 0.717) is 23.3 Å². The molecule has 2 aliphatic heterocycles. The lowest BCUT2D eigenvalue weighted by molar-refractivity contribution is -0.172. The van der Waals surface area contributed by atoms with Gasteiger partial charge in [-0.25, -0.2) is 0 Å². The number of rotatable bonds is 3. The highest BCUT2D eigenvalue weighted by Crippen LogP contribution is 2.67. The van der Waals surface area contributed by atoms with E-state index in [2.05, 4.69) is 23.6 Å². The predicted molar refractivity (Wildman–Crippen MR) is 135 cm³/mol. The summed E-state index contributed by atoms with van der Waals surface area (Å²) in [7, 11) is 0. The number of morpholine rings is 1. The molecule has 2 heterocycles. The van der Waals surface area contributed by atoms with E-state index in [1.807, 2.05) is 0 Å². The molecule has 0 aromatic rings. The summed E-state index contributed by atoms with van der Waals surface area (Å²) in [5, 5.41) is 11.2. The Bertz CT molecular complexity index is 796. The van der Waals surface area contributed by atoms with Crippen molar-refractivity contribution >= 4 is 5.97 Å². The number of likely N-dealkylation sites (tertiary alicyclic amines) is 1. The van der Waals surface area contributed by atoms with Gasteiger partial charge in [0.2, 0.25) is 0 Å². The Morgan fingerprint density at radius 3 is 2.34 bits per heavy atom. The zero-order valence-corrected chi connectivity index (χ0v) is 22.3. The summed E-state index contributed by atoms with van der Waals surface area (Å²) in [4.78, 5) is 17.4. The third kappa shape index (κ3) is 4.00. The molecule has 6 aliphatic rings. The lowest BCUT2D eigenvalue weighted by Crippen LogP contribution is -2.61. The monoisotopic (exact) mass is 488 g/mol. The van der Waals surface area contributed by atoms with Crippen molar-refractivity contribution in [3.8, 4) is 0 Å². The topological polar surface area (TPSA) is 62.2 Å². The molecule has 35 heavy (non-hydrogen) atoms. The van der Waals surface area contributed by atoms with Crippen LogP contribution in [0.5, 0.6) is 0 Å². The second kappa shape index (κ2) is 9.25. The largest absolute Gasteiger partial charge is 0.460 e. The van der Waals surface area contributed by atoms with E-state index in [9.17, 15) is 9.90 Å². The minimum Gasteiger partial charge on any atom is -0.460 e. The van der Waals surface area contributed by atoms with E-state index < -0.39 is 0 Å². The van der Waals surface area contributed by atoms with Crippen LogP contribution in [0.2, 0.25) is 0 Å². The van der Waals surface area contributed by atoms with Gasteiger partial charge >= 0.3 is 5.97 Å². The SMILES string of the molecule is CC(=O)O[C@H]1[C@@H](N2CCCC2)CC2C3CCC4C[C@H](O)[C@@H](N5CCOCC5)C[C@]4(C)C3CC[C@@]21C. The first-order valence-corrected chi connectivity index (χ1v) is 14.7. The molecule has 6 heteroatoms. The number of hydrogen-bond acceptors (Lipinski definition) is 6. The van der Waals surface area contributed by atoms with Crippen molar-refractivity contribution in [1.29, 1.82) is 0 Å². The molecule has 198 valence electrons. The summed E-state index contributed by atoms with van der Waals surface area (Å²) >= 11 is 0. The average molecular weight is 489 g/mol.